The lowest BCUT2D eigenvalue weighted by Gasteiger charge is -2.22. The number of hydrogen-bond acceptors (Lipinski definition) is 3. The topological polar surface area (TPSA) is 38.3 Å². The molecule has 0 aromatic carbocycles. The zero-order valence-electron chi connectivity index (χ0n) is 8.63. The van der Waals surface area contributed by atoms with Crippen LogP contribution in [0.3, 0.4) is 0 Å². The summed E-state index contributed by atoms with van der Waals surface area (Å²) in [6, 6.07) is 0.631. The molecule has 1 aliphatic carbocycles. The number of carbonyl (C=O) groups is 1. The average Bonchev–Trinajstić information content (AvgIpc) is 2.25. The van der Waals surface area contributed by atoms with Crippen LogP contribution >= 0.6 is 0 Å². The van der Waals surface area contributed by atoms with Gasteiger partial charge in [-0.3, -0.25) is 0 Å². The summed E-state index contributed by atoms with van der Waals surface area (Å²) in [4.78, 5) is 10.7. The molecule has 0 bridgehead atoms. The minimum absolute atomic E-state index is 0.338. The van der Waals surface area contributed by atoms with E-state index in [9.17, 15) is 4.79 Å². The highest BCUT2D eigenvalue weighted by Crippen LogP contribution is 2.16. The van der Waals surface area contributed by atoms with Crippen molar-refractivity contribution in [3.8, 4) is 0 Å². The molecule has 0 spiro atoms. The fourth-order valence-corrected chi connectivity index (χ4v) is 1.78. The summed E-state index contributed by atoms with van der Waals surface area (Å²) in [5.41, 5.74) is 0. The van der Waals surface area contributed by atoms with Gasteiger partial charge in [0.15, 0.2) is 0 Å². The molecule has 3 nitrogen and oxygen atoms in total. The van der Waals surface area contributed by atoms with Gasteiger partial charge in [0.05, 0.1) is 0 Å². The van der Waals surface area contributed by atoms with Gasteiger partial charge in [-0.15, -0.1) is 0 Å². The van der Waals surface area contributed by atoms with E-state index in [1.165, 1.54) is 38.2 Å². The molecule has 0 heterocycles. The Morgan fingerprint density at radius 1 is 1.43 bits per heavy atom. The van der Waals surface area contributed by atoms with E-state index >= 15 is 0 Å². The summed E-state index contributed by atoms with van der Waals surface area (Å²) in [7, 11) is 0. The third-order valence-corrected chi connectivity index (χ3v) is 2.55. The Bertz CT molecular complexity index is 186. The maximum Gasteiger partial charge on any atom is 0.330 e. The first-order chi connectivity index (χ1) is 6.83. The molecule has 1 fully saturated rings. The molecule has 0 saturated heterocycles. The van der Waals surface area contributed by atoms with Crippen molar-refractivity contribution in [2.75, 3.05) is 13.2 Å². The predicted molar refractivity (Wildman–Crippen MR) is 56.0 cm³/mol. The first kappa shape index (κ1) is 11.2. The van der Waals surface area contributed by atoms with Gasteiger partial charge in [-0.05, 0) is 12.8 Å². The van der Waals surface area contributed by atoms with E-state index in [0.717, 1.165) is 6.54 Å². The van der Waals surface area contributed by atoms with Crippen LogP contribution in [-0.2, 0) is 9.53 Å². The molecule has 0 unspecified atom stereocenters. The monoisotopic (exact) mass is 197 g/mol. The Kier molecular flexibility index (Phi) is 5.30. The van der Waals surface area contributed by atoms with Gasteiger partial charge in [-0.1, -0.05) is 25.8 Å². The van der Waals surface area contributed by atoms with Gasteiger partial charge in [0.1, 0.15) is 6.61 Å². The fraction of sp³-hybridized carbons (Fsp3) is 0.727. The molecule has 80 valence electrons. The van der Waals surface area contributed by atoms with Crippen molar-refractivity contribution < 1.29 is 9.53 Å². The second kappa shape index (κ2) is 6.60. The van der Waals surface area contributed by atoms with Crippen molar-refractivity contribution in [1.82, 2.24) is 5.32 Å². The molecule has 0 amide bonds. The number of ether oxygens (including phenoxy) is 1. The van der Waals surface area contributed by atoms with Crippen LogP contribution in [0.4, 0.5) is 0 Å². The minimum atomic E-state index is -0.338. The second-order valence-electron chi connectivity index (χ2n) is 3.66. The lowest BCUT2D eigenvalue weighted by atomic mass is 9.96. The molecule has 1 aliphatic rings. The van der Waals surface area contributed by atoms with Crippen LogP contribution in [0.25, 0.3) is 0 Å². The van der Waals surface area contributed by atoms with Crippen LogP contribution in [0, 0.1) is 0 Å². The van der Waals surface area contributed by atoms with Crippen molar-refractivity contribution in [1.29, 1.82) is 0 Å². The number of rotatable bonds is 5. The maximum absolute atomic E-state index is 10.7. The quantitative estimate of drug-likeness (QED) is 0.413. The summed E-state index contributed by atoms with van der Waals surface area (Å²) >= 11 is 0. The zero-order valence-corrected chi connectivity index (χ0v) is 8.63. The lowest BCUT2D eigenvalue weighted by Crippen LogP contribution is -2.33. The molecule has 0 aromatic heterocycles. The molecule has 0 radical (unpaired) electrons. The Balaban J connectivity index is 1.97. The van der Waals surface area contributed by atoms with Crippen LogP contribution in [0.2, 0.25) is 0 Å². The highest BCUT2D eigenvalue weighted by Gasteiger charge is 2.11. The van der Waals surface area contributed by atoms with Crippen LogP contribution < -0.4 is 5.32 Å². The van der Waals surface area contributed by atoms with Gasteiger partial charge >= 0.3 is 5.97 Å². The summed E-state index contributed by atoms with van der Waals surface area (Å²) in [6.07, 6.45) is 7.73. The van der Waals surface area contributed by atoms with E-state index in [1.54, 1.807) is 0 Å². The summed E-state index contributed by atoms with van der Waals surface area (Å²) < 4.78 is 4.86. The molecule has 1 saturated carbocycles. The lowest BCUT2D eigenvalue weighted by molar-refractivity contribution is -0.137. The Morgan fingerprint density at radius 2 is 2.14 bits per heavy atom. The standard InChI is InChI=1S/C11H19NO2/c1-2-11(13)14-9-8-12-10-6-4-3-5-7-10/h2,10,12H,1,3-9H2. The molecule has 1 N–H and O–H groups in total. The number of esters is 1. The molecular formula is C11H19NO2. The van der Waals surface area contributed by atoms with Crippen molar-refractivity contribution in [3.63, 3.8) is 0 Å². The highest BCUT2D eigenvalue weighted by atomic mass is 16.5. The van der Waals surface area contributed by atoms with Gasteiger partial charge in [0, 0.05) is 18.7 Å². The summed E-state index contributed by atoms with van der Waals surface area (Å²) in [5, 5.41) is 3.39. The Morgan fingerprint density at radius 3 is 2.79 bits per heavy atom. The molecule has 1 rings (SSSR count). The van der Waals surface area contributed by atoms with Gasteiger partial charge < -0.3 is 10.1 Å². The molecular weight excluding hydrogens is 178 g/mol. The Labute approximate surface area is 85.5 Å². The smallest absolute Gasteiger partial charge is 0.330 e. The first-order valence-corrected chi connectivity index (χ1v) is 5.35. The van der Waals surface area contributed by atoms with Crippen molar-refractivity contribution in [2.45, 2.75) is 38.1 Å². The van der Waals surface area contributed by atoms with Gasteiger partial charge in [0.2, 0.25) is 0 Å². The zero-order chi connectivity index (χ0) is 10.2. The molecule has 3 heteroatoms. The van der Waals surface area contributed by atoms with Crippen LogP contribution in [-0.4, -0.2) is 25.2 Å². The maximum atomic E-state index is 10.7. The van der Waals surface area contributed by atoms with Gasteiger partial charge in [-0.25, -0.2) is 4.79 Å². The minimum Gasteiger partial charge on any atom is -0.461 e. The SMILES string of the molecule is C=CC(=O)OCCNC1CCCCC1. The van der Waals surface area contributed by atoms with E-state index in [1.807, 2.05) is 0 Å². The highest BCUT2D eigenvalue weighted by molar-refractivity contribution is 5.81. The predicted octanol–water partition coefficient (Wildman–Crippen LogP) is 1.64. The van der Waals surface area contributed by atoms with Gasteiger partial charge in [0.25, 0.3) is 0 Å². The molecule has 14 heavy (non-hydrogen) atoms. The van der Waals surface area contributed by atoms with Crippen LogP contribution in [0.15, 0.2) is 12.7 Å². The average molecular weight is 197 g/mol. The van der Waals surface area contributed by atoms with Crippen molar-refractivity contribution in [2.24, 2.45) is 0 Å². The normalized spacial score (nSPS) is 17.7. The van der Waals surface area contributed by atoms with E-state index in [4.69, 9.17) is 4.74 Å². The van der Waals surface area contributed by atoms with E-state index in [-0.39, 0.29) is 5.97 Å². The number of nitrogens with one attached hydrogen (secondary N) is 1. The van der Waals surface area contributed by atoms with E-state index < -0.39 is 0 Å². The van der Waals surface area contributed by atoms with Gasteiger partial charge in [-0.2, -0.15) is 0 Å². The fourth-order valence-electron chi connectivity index (χ4n) is 1.78. The largest absolute Gasteiger partial charge is 0.461 e. The van der Waals surface area contributed by atoms with E-state index in [0.29, 0.717) is 12.6 Å². The molecule has 0 aromatic rings. The third-order valence-electron chi connectivity index (χ3n) is 2.55. The summed E-state index contributed by atoms with van der Waals surface area (Å²) in [5.74, 6) is -0.338. The van der Waals surface area contributed by atoms with Crippen molar-refractivity contribution >= 4 is 5.97 Å². The van der Waals surface area contributed by atoms with Crippen LogP contribution in [0.1, 0.15) is 32.1 Å². The number of hydrogen-bond donors (Lipinski definition) is 1. The van der Waals surface area contributed by atoms with E-state index in [2.05, 4.69) is 11.9 Å². The third kappa shape index (κ3) is 4.42. The van der Waals surface area contributed by atoms with Crippen molar-refractivity contribution in [3.05, 3.63) is 12.7 Å². The van der Waals surface area contributed by atoms with Crippen LogP contribution in [0.5, 0.6) is 0 Å². The summed E-state index contributed by atoms with van der Waals surface area (Å²) in [6.45, 7) is 4.53. The first-order valence-electron chi connectivity index (χ1n) is 5.35. The number of carbonyl (C=O) groups excluding carboxylic acids is 1. The molecule has 0 aliphatic heterocycles. The Hall–Kier alpha value is -0.830. The second-order valence-corrected chi connectivity index (χ2v) is 3.66. The molecule has 0 atom stereocenters.